The standard InChI is InChI=1S/C23H30N2O5S/c1-6-30-23(27)21-17(16-9-10-18(28-4)19(11-16)29-5)13-31-22(21)24-20(26)12-25(3)14(2)15-7-8-15/h9-11,13-15H,6-8,12H2,1-5H3,(H,24,26). The van der Waals surface area contributed by atoms with Gasteiger partial charge in [-0.05, 0) is 57.4 Å². The molecule has 1 heterocycles. The molecule has 31 heavy (non-hydrogen) atoms. The minimum atomic E-state index is -0.469. The van der Waals surface area contributed by atoms with Crippen molar-refractivity contribution in [3.8, 4) is 22.6 Å². The third-order valence-electron chi connectivity index (χ3n) is 5.61. The molecule has 1 saturated carbocycles. The van der Waals surface area contributed by atoms with Crippen molar-refractivity contribution in [2.24, 2.45) is 5.92 Å². The normalized spacial score (nSPS) is 14.3. The summed E-state index contributed by atoms with van der Waals surface area (Å²) in [5, 5.41) is 5.25. The average Bonchev–Trinajstić information content (AvgIpc) is 3.53. The highest BCUT2D eigenvalue weighted by Crippen LogP contribution is 2.40. The molecular weight excluding hydrogens is 416 g/mol. The van der Waals surface area contributed by atoms with E-state index in [1.54, 1.807) is 33.3 Å². The Bertz CT molecular complexity index is 938. The molecule has 0 aliphatic heterocycles. The monoisotopic (exact) mass is 446 g/mol. The van der Waals surface area contributed by atoms with Crippen molar-refractivity contribution in [1.82, 2.24) is 4.90 Å². The van der Waals surface area contributed by atoms with E-state index in [1.165, 1.54) is 24.2 Å². The number of nitrogens with one attached hydrogen (secondary N) is 1. The van der Waals surface area contributed by atoms with Gasteiger partial charge in [0.2, 0.25) is 5.91 Å². The maximum absolute atomic E-state index is 12.8. The Labute approximate surface area is 187 Å². The van der Waals surface area contributed by atoms with E-state index in [2.05, 4.69) is 17.1 Å². The summed E-state index contributed by atoms with van der Waals surface area (Å²) in [6.07, 6.45) is 2.44. The number of thiophene rings is 1. The molecule has 1 fully saturated rings. The SMILES string of the molecule is CCOC(=O)c1c(-c2ccc(OC)c(OC)c2)csc1NC(=O)CN(C)C(C)C1CC1. The first kappa shape index (κ1) is 23.1. The average molecular weight is 447 g/mol. The summed E-state index contributed by atoms with van der Waals surface area (Å²) in [5.74, 6) is 1.21. The zero-order valence-corrected chi connectivity index (χ0v) is 19.5. The summed E-state index contributed by atoms with van der Waals surface area (Å²) in [7, 11) is 5.09. The van der Waals surface area contributed by atoms with Crippen LogP contribution in [-0.2, 0) is 9.53 Å². The van der Waals surface area contributed by atoms with E-state index in [9.17, 15) is 9.59 Å². The molecule has 1 amide bonds. The summed E-state index contributed by atoms with van der Waals surface area (Å²) in [5.41, 5.74) is 1.81. The topological polar surface area (TPSA) is 77.1 Å². The van der Waals surface area contributed by atoms with Crippen molar-refractivity contribution in [1.29, 1.82) is 0 Å². The van der Waals surface area contributed by atoms with Gasteiger partial charge in [0.25, 0.3) is 0 Å². The number of likely N-dealkylation sites (N-methyl/N-ethyl adjacent to an activating group) is 1. The Balaban J connectivity index is 1.86. The smallest absolute Gasteiger partial charge is 0.341 e. The molecule has 3 rings (SSSR count). The summed E-state index contributed by atoms with van der Waals surface area (Å²) < 4.78 is 16.0. The van der Waals surface area contributed by atoms with Crippen molar-refractivity contribution >= 4 is 28.2 Å². The van der Waals surface area contributed by atoms with Gasteiger partial charge in [-0.25, -0.2) is 4.79 Å². The second kappa shape index (κ2) is 10.2. The van der Waals surface area contributed by atoms with E-state index in [1.807, 2.05) is 18.5 Å². The van der Waals surface area contributed by atoms with Gasteiger partial charge in [0.05, 0.1) is 27.4 Å². The number of esters is 1. The zero-order chi connectivity index (χ0) is 22.5. The van der Waals surface area contributed by atoms with E-state index >= 15 is 0 Å². The second-order valence-corrected chi connectivity index (χ2v) is 8.56. The molecular formula is C23H30N2O5S. The Hall–Kier alpha value is -2.58. The molecule has 1 unspecified atom stereocenters. The minimum Gasteiger partial charge on any atom is -0.493 e. The number of hydrogen-bond donors (Lipinski definition) is 1. The van der Waals surface area contributed by atoms with Crippen LogP contribution >= 0.6 is 11.3 Å². The lowest BCUT2D eigenvalue weighted by Crippen LogP contribution is -2.37. The number of amides is 1. The number of anilines is 1. The van der Waals surface area contributed by atoms with E-state index in [4.69, 9.17) is 14.2 Å². The molecule has 8 heteroatoms. The van der Waals surface area contributed by atoms with Crippen molar-refractivity contribution in [2.45, 2.75) is 32.7 Å². The number of carbonyl (C=O) groups excluding carboxylic acids is 2. The highest BCUT2D eigenvalue weighted by Gasteiger charge is 2.31. The predicted molar refractivity (Wildman–Crippen MR) is 122 cm³/mol. The van der Waals surface area contributed by atoms with Crippen LogP contribution in [0.1, 0.15) is 37.0 Å². The fraction of sp³-hybridized carbons (Fsp3) is 0.478. The summed E-state index contributed by atoms with van der Waals surface area (Å²) >= 11 is 1.31. The van der Waals surface area contributed by atoms with Gasteiger partial charge in [0.1, 0.15) is 10.6 Å². The molecule has 1 aromatic carbocycles. The molecule has 1 aliphatic rings. The van der Waals surface area contributed by atoms with E-state index in [0.29, 0.717) is 39.6 Å². The fourth-order valence-electron chi connectivity index (χ4n) is 3.55. The molecule has 2 aromatic rings. The first-order valence-corrected chi connectivity index (χ1v) is 11.3. The van der Waals surface area contributed by atoms with Crippen molar-refractivity contribution in [3.05, 3.63) is 29.1 Å². The Kier molecular flexibility index (Phi) is 7.56. The van der Waals surface area contributed by atoms with Crippen LogP contribution in [0.15, 0.2) is 23.6 Å². The fourth-order valence-corrected chi connectivity index (χ4v) is 4.52. The van der Waals surface area contributed by atoms with Crippen molar-refractivity contribution in [3.63, 3.8) is 0 Å². The van der Waals surface area contributed by atoms with Crippen LogP contribution < -0.4 is 14.8 Å². The van der Waals surface area contributed by atoms with E-state index in [0.717, 1.165) is 5.56 Å². The van der Waals surface area contributed by atoms with Gasteiger partial charge < -0.3 is 19.5 Å². The predicted octanol–water partition coefficient (Wildman–Crippen LogP) is 4.28. The maximum Gasteiger partial charge on any atom is 0.341 e. The Morgan fingerprint density at radius 1 is 1.23 bits per heavy atom. The van der Waals surface area contributed by atoms with Crippen molar-refractivity contribution < 1.29 is 23.8 Å². The number of rotatable bonds is 10. The second-order valence-electron chi connectivity index (χ2n) is 7.69. The number of hydrogen-bond acceptors (Lipinski definition) is 7. The molecule has 0 bridgehead atoms. The van der Waals surface area contributed by atoms with Crippen LogP contribution in [0, 0.1) is 5.92 Å². The highest BCUT2D eigenvalue weighted by molar-refractivity contribution is 7.15. The largest absolute Gasteiger partial charge is 0.493 e. The van der Waals surface area contributed by atoms with Crippen LogP contribution in [-0.4, -0.2) is 57.2 Å². The van der Waals surface area contributed by atoms with Crippen LogP contribution in [0.25, 0.3) is 11.1 Å². The third-order valence-corrected chi connectivity index (χ3v) is 6.51. The summed E-state index contributed by atoms with van der Waals surface area (Å²) in [4.78, 5) is 27.5. The summed E-state index contributed by atoms with van der Waals surface area (Å²) in [6, 6.07) is 5.80. The van der Waals surface area contributed by atoms with Gasteiger partial charge in [0.15, 0.2) is 11.5 Å². The summed E-state index contributed by atoms with van der Waals surface area (Å²) in [6.45, 7) is 4.42. The van der Waals surface area contributed by atoms with Gasteiger partial charge >= 0.3 is 5.97 Å². The van der Waals surface area contributed by atoms with Gasteiger partial charge in [-0.2, -0.15) is 0 Å². The Morgan fingerprint density at radius 2 is 1.94 bits per heavy atom. The number of nitrogens with zero attached hydrogens (tertiary/aromatic N) is 1. The van der Waals surface area contributed by atoms with Crippen LogP contribution in [0.2, 0.25) is 0 Å². The van der Waals surface area contributed by atoms with Gasteiger partial charge in [0, 0.05) is 17.0 Å². The lowest BCUT2D eigenvalue weighted by Gasteiger charge is -2.23. The number of ether oxygens (including phenoxy) is 3. The van der Waals surface area contributed by atoms with Crippen LogP contribution in [0.3, 0.4) is 0 Å². The molecule has 1 aromatic heterocycles. The molecule has 168 valence electrons. The van der Waals surface area contributed by atoms with Gasteiger partial charge in [-0.1, -0.05) is 6.07 Å². The highest BCUT2D eigenvalue weighted by atomic mass is 32.1. The maximum atomic E-state index is 12.8. The molecule has 7 nitrogen and oxygen atoms in total. The molecule has 1 N–H and O–H groups in total. The molecule has 1 atom stereocenters. The van der Waals surface area contributed by atoms with Gasteiger partial charge in [-0.15, -0.1) is 11.3 Å². The van der Waals surface area contributed by atoms with Gasteiger partial charge in [-0.3, -0.25) is 9.69 Å². The van der Waals surface area contributed by atoms with E-state index < -0.39 is 5.97 Å². The number of benzene rings is 1. The first-order chi connectivity index (χ1) is 14.9. The number of carbonyl (C=O) groups is 2. The minimum absolute atomic E-state index is 0.152. The quantitative estimate of drug-likeness (QED) is 0.549. The first-order valence-electron chi connectivity index (χ1n) is 10.4. The molecule has 0 radical (unpaired) electrons. The Morgan fingerprint density at radius 3 is 2.55 bits per heavy atom. The zero-order valence-electron chi connectivity index (χ0n) is 18.7. The lowest BCUT2D eigenvalue weighted by molar-refractivity contribution is -0.117. The molecule has 1 aliphatic carbocycles. The molecule has 0 spiro atoms. The van der Waals surface area contributed by atoms with Crippen molar-refractivity contribution in [2.75, 3.05) is 39.7 Å². The molecule has 0 saturated heterocycles. The third kappa shape index (κ3) is 5.37. The van der Waals surface area contributed by atoms with Crippen LogP contribution in [0.4, 0.5) is 5.00 Å². The van der Waals surface area contributed by atoms with Crippen LogP contribution in [0.5, 0.6) is 11.5 Å². The lowest BCUT2D eigenvalue weighted by atomic mass is 10.0. The number of methoxy groups -OCH3 is 2. The van der Waals surface area contributed by atoms with E-state index in [-0.39, 0.29) is 19.1 Å².